The smallest absolute Gasteiger partial charge is 0.291 e. The summed E-state index contributed by atoms with van der Waals surface area (Å²) in [5.74, 6) is -0.508. The third-order valence-corrected chi connectivity index (χ3v) is 4.97. The Hall–Kier alpha value is -2.92. The Bertz CT molecular complexity index is 1070. The summed E-state index contributed by atoms with van der Waals surface area (Å²) in [4.78, 5) is 13.8. The highest BCUT2D eigenvalue weighted by molar-refractivity contribution is 7.13. The number of rotatable bonds is 3. The molecule has 0 aliphatic carbocycles. The zero-order chi connectivity index (χ0) is 17.4. The number of thiophene rings is 1. The molecule has 4 aromatic rings. The van der Waals surface area contributed by atoms with Crippen LogP contribution in [-0.4, -0.2) is 5.91 Å². The summed E-state index contributed by atoms with van der Waals surface area (Å²) in [6.07, 6.45) is 0. The van der Waals surface area contributed by atoms with Crippen molar-refractivity contribution in [1.82, 2.24) is 0 Å². The van der Waals surface area contributed by atoms with Crippen molar-refractivity contribution in [2.75, 3.05) is 5.32 Å². The molecule has 3 nitrogen and oxygen atoms in total. The van der Waals surface area contributed by atoms with Gasteiger partial charge in [-0.2, -0.15) is 0 Å². The van der Waals surface area contributed by atoms with E-state index in [9.17, 15) is 9.18 Å². The number of aryl methyl sites for hydroxylation is 1. The van der Waals surface area contributed by atoms with Crippen LogP contribution < -0.4 is 5.32 Å². The van der Waals surface area contributed by atoms with Gasteiger partial charge in [-0.05, 0) is 42.6 Å². The fourth-order valence-electron chi connectivity index (χ4n) is 2.83. The maximum atomic E-state index is 13.4. The maximum absolute atomic E-state index is 13.4. The summed E-state index contributed by atoms with van der Waals surface area (Å²) in [6.45, 7) is 1.76. The molecular weight excluding hydrogens is 337 g/mol. The quantitative estimate of drug-likeness (QED) is 0.502. The first-order valence-electron chi connectivity index (χ1n) is 7.76. The minimum atomic E-state index is -0.355. The molecule has 0 unspecified atom stereocenters. The second-order valence-electron chi connectivity index (χ2n) is 5.67. The molecule has 0 aliphatic rings. The number of para-hydroxylation sites is 1. The van der Waals surface area contributed by atoms with Crippen molar-refractivity contribution in [2.24, 2.45) is 0 Å². The lowest BCUT2D eigenvalue weighted by Gasteiger charge is -2.09. The molecule has 0 radical (unpaired) electrons. The van der Waals surface area contributed by atoms with Crippen LogP contribution >= 0.6 is 11.3 Å². The molecular formula is C20H14FNO2S. The van der Waals surface area contributed by atoms with Crippen LogP contribution in [0.15, 0.2) is 64.4 Å². The Morgan fingerprint density at radius 1 is 1.12 bits per heavy atom. The molecule has 0 fully saturated rings. The molecule has 25 heavy (non-hydrogen) atoms. The summed E-state index contributed by atoms with van der Waals surface area (Å²) in [6, 6.07) is 15.8. The van der Waals surface area contributed by atoms with Crippen LogP contribution in [0.5, 0.6) is 0 Å². The summed E-state index contributed by atoms with van der Waals surface area (Å²) in [5.41, 5.74) is 2.78. The van der Waals surface area contributed by atoms with Gasteiger partial charge in [0.05, 0.1) is 0 Å². The Balaban J connectivity index is 1.71. The van der Waals surface area contributed by atoms with Gasteiger partial charge in [0.15, 0.2) is 5.76 Å². The number of amides is 1. The molecule has 5 heteroatoms. The van der Waals surface area contributed by atoms with Crippen molar-refractivity contribution in [3.05, 3.63) is 77.1 Å². The molecule has 0 bridgehead atoms. The van der Waals surface area contributed by atoms with E-state index >= 15 is 0 Å². The first-order valence-corrected chi connectivity index (χ1v) is 8.64. The zero-order valence-corrected chi connectivity index (χ0v) is 14.2. The monoisotopic (exact) mass is 351 g/mol. The SMILES string of the molecule is Cc1c(C(=O)Nc2ccccc2-c2cccs2)oc2ccc(F)cc12. The van der Waals surface area contributed by atoms with E-state index in [1.807, 2.05) is 41.8 Å². The molecule has 2 aromatic carbocycles. The van der Waals surface area contributed by atoms with Gasteiger partial charge < -0.3 is 9.73 Å². The number of furan rings is 1. The van der Waals surface area contributed by atoms with Gasteiger partial charge in [0.2, 0.25) is 0 Å². The van der Waals surface area contributed by atoms with Gasteiger partial charge in [0, 0.05) is 27.1 Å². The van der Waals surface area contributed by atoms with Crippen molar-refractivity contribution < 1.29 is 13.6 Å². The molecule has 0 atom stereocenters. The Labute approximate surface area is 147 Å². The first-order chi connectivity index (χ1) is 12.1. The number of halogens is 1. The Kier molecular flexibility index (Phi) is 3.86. The zero-order valence-electron chi connectivity index (χ0n) is 13.4. The van der Waals surface area contributed by atoms with Crippen LogP contribution in [0.1, 0.15) is 16.1 Å². The fourth-order valence-corrected chi connectivity index (χ4v) is 3.59. The van der Waals surface area contributed by atoms with Crippen molar-refractivity contribution in [1.29, 1.82) is 0 Å². The van der Waals surface area contributed by atoms with E-state index in [0.29, 0.717) is 22.2 Å². The largest absolute Gasteiger partial charge is 0.451 e. The molecule has 0 saturated heterocycles. The van der Waals surface area contributed by atoms with Crippen molar-refractivity contribution in [3.8, 4) is 10.4 Å². The number of hydrogen-bond acceptors (Lipinski definition) is 3. The lowest BCUT2D eigenvalue weighted by molar-refractivity contribution is 0.0998. The van der Waals surface area contributed by atoms with E-state index in [-0.39, 0.29) is 17.5 Å². The van der Waals surface area contributed by atoms with Crippen molar-refractivity contribution in [3.63, 3.8) is 0 Å². The van der Waals surface area contributed by atoms with Gasteiger partial charge >= 0.3 is 0 Å². The van der Waals surface area contributed by atoms with Crippen molar-refractivity contribution in [2.45, 2.75) is 6.92 Å². The average Bonchev–Trinajstić information content (AvgIpc) is 3.24. The van der Waals surface area contributed by atoms with Gasteiger partial charge in [0.1, 0.15) is 11.4 Å². The molecule has 1 amide bonds. The molecule has 124 valence electrons. The van der Waals surface area contributed by atoms with Crippen LogP contribution in [0.25, 0.3) is 21.4 Å². The lowest BCUT2D eigenvalue weighted by Crippen LogP contribution is -2.12. The summed E-state index contributed by atoms with van der Waals surface area (Å²) >= 11 is 1.61. The number of nitrogens with one attached hydrogen (secondary N) is 1. The lowest BCUT2D eigenvalue weighted by atomic mass is 10.1. The summed E-state index contributed by atoms with van der Waals surface area (Å²) in [7, 11) is 0. The second-order valence-corrected chi connectivity index (χ2v) is 6.62. The second kappa shape index (κ2) is 6.18. The molecule has 2 heterocycles. The molecule has 0 saturated carbocycles. The van der Waals surface area contributed by atoms with Gasteiger partial charge in [-0.1, -0.05) is 24.3 Å². The normalized spacial score (nSPS) is 11.0. The maximum Gasteiger partial charge on any atom is 0.291 e. The van der Waals surface area contributed by atoms with E-state index in [0.717, 1.165) is 10.4 Å². The highest BCUT2D eigenvalue weighted by Gasteiger charge is 2.19. The standard InChI is InChI=1S/C20H14FNO2S/c1-12-15-11-13(21)8-9-17(15)24-19(12)20(23)22-16-6-3-2-5-14(16)18-7-4-10-25-18/h2-11H,1H3,(H,22,23). The van der Waals surface area contributed by atoms with E-state index in [4.69, 9.17) is 4.42 Å². The molecule has 1 N–H and O–H groups in total. The van der Waals surface area contributed by atoms with Gasteiger partial charge in [-0.25, -0.2) is 4.39 Å². The topological polar surface area (TPSA) is 42.2 Å². The number of fused-ring (bicyclic) bond motifs is 1. The number of benzene rings is 2. The van der Waals surface area contributed by atoms with E-state index in [2.05, 4.69) is 5.32 Å². The molecule has 2 aromatic heterocycles. The number of anilines is 1. The third-order valence-electron chi connectivity index (χ3n) is 4.07. The molecule has 0 spiro atoms. The van der Waals surface area contributed by atoms with Gasteiger partial charge in [0.25, 0.3) is 5.91 Å². The van der Waals surface area contributed by atoms with E-state index in [1.54, 1.807) is 18.3 Å². The van der Waals surface area contributed by atoms with Crippen LogP contribution in [0.3, 0.4) is 0 Å². The van der Waals surface area contributed by atoms with Crippen LogP contribution in [0, 0.1) is 12.7 Å². The number of carbonyl (C=O) groups is 1. The Morgan fingerprint density at radius 3 is 2.76 bits per heavy atom. The molecule has 0 aliphatic heterocycles. The summed E-state index contributed by atoms with van der Waals surface area (Å²) < 4.78 is 19.1. The fraction of sp³-hybridized carbons (Fsp3) is 0.0500. The number of carbonyl (C=O) groups excluding carboxylic acids is 1. The van der Waals surface area contributed by atoms with Gasteiger partial charge in [-0.3, -0.25) is 4.79 Å². The predicted octanol–water partition coefficient (Wildman–Crippen LogP) is 5.86. The minimum absolute atomic E-state index is 0.196. The van der Waals surface area contributed by atoms with E-state index < -0.39 is 0 Å². The van der Waals surface area contributed by atoms with Crippen LogP contribution in [-0.2, 0) is 0 Å². The van der Waals surface area contributed by atoms with Crippen LogP contribution in [0.2, 0.25) is 0 Å². The minimum Gasteiger partial charge on any atom is -0.451 e. The third kappa shape index (κ3) is 2.83. The summed E-state index contributed by atoms with van der Waals surface area (Å²) in [5, 5.41) is 5.51. The Morgan fingerprint density at radius 2 is 1.96 bits per heavy atom. The van der Waals surface area contributed by atoms with E-state index in [1.165, 1.54) is 18.2 Å². The highest BCUT2D eigenvalue weighted by Crippen LogP contribution is 2.32. The first kappa shape index (κ1) is 15.6. The predicted molar refractivity (Wildman–Crippen MR) is 98.6 cm³/mol. The molecule has 4 rings (SSSR count). The average molecular weight is 351 g/mol. The number of hydrogen-bond donors (Lipinski definition) is 1. The highest BCUT2D eigenvalue weighted by atomic mass is 32.1. The van der Waals surface area contributed by atoms with Gasteiger partial charge in [-0.15, -0.1) is 11.3 Å². The van der Waals surface area contributed by atoms with Crippen molar-refractivity contribution >= 4 is 33.9 Å². The van der Waals surface area contributed by atoms with Crippen LogP contribution in [0.4, 0.5) is 10.1 Å².